The third kappa shape index (κ3) is 3.46. The molecule has 1 unspecified atom stereocenters. The molecule has 0 bridgehead atoms. The van der Waals surface area contributed by atoms with Crippen molar-refractivity contribution < 1.29 is 4.74 Å². The summed E-state index contributed by atoms with van der Waals surface area (Å²) >= 11 is 0. The van der Waals surface area contributed by atoms with Crippen molar-refractivity contribution >= 4 is 0 Å². The van der Waals surface area contributed by atoms with Crippen LogP contribution in [0.4, 0.5) is 0 Å². The van der Waals surface area contributed by atoms with Crippen LogP contribution in [-0.2, 0) is 4.74 Å². The summed E-state index contributed by atoms with van der Waals surface area (Å²) in [7, 11) is 0. The van der Waals surface area contributed by atoms with Gasteiger partial charge in [-0.1, -0.05) is 12.8 Å². The predicted molar refractivity (Wildman–Crippen MR) is 63.0 cm³/mol. The van der Waals surface area contributed by atoms with Crippen molar-refractivity contribution in [1.82, 2.24) is 5.32 Å². The standard InChI is InChI=1S/C13H25NO/c1-11(13-6-2-3-7-13)14-9-12-5-4-8-15-10-12/h11-14H,2-10H2,1H3/t11-,12?/m1/s1. The van der Waals surface area contributed by atoms with Crippen molar-refractivity contribution in [1.29, 1.82) is 0 Å². The van der Waals surface area contributed by atoms with Crippen LogP contribution in [0.15, 0.2) is 0 Å². The molecule has 0 aromatic heterocycles. The molecule has 1 saturated carbocycles. The Morgan fingerprint density at radius 2 is 2.00 bits per heavy atom. The molecular formula is C13H25NO. The van der Waals surface area contributed by atoms with Gasteiger partial charge in [0.2, 0.25) is 0 Å². The third-order valence-corrected chi connectivity index (χ3v) is 4.09. The first-order valence-electron chi connectivity index (χ1n) is 6.67. The van der Waals surface area contributed by atoms with Crippen LogP contribution >= 0.6 is 0 Å². The average molecular weight is 211 g/mol. The van der Waals surface area contributed by atoms with Crippen molar-refractivity contribution in [2.24, 2.45) is 11.8 Å². The van der Waals surface area contributed by atoms with E-state index in [4.69, 9.17) is 4.74 Å². The Morgan fingerprint density at radius 3 is 2.67 bits per heavy atom. The molecule has 2 atom stereocenters. The summed E-state index contributed by atoms with van der Waals surface area (Å²) in [5, 5.41) is 3.71. The van der Waals surface area contributed by atoms with E-state index in [1.807, 2.05) is 0 Å². The zero-order chi connectivity index (χ0) is 10.5. The summed E-state index contributed by atoms with van der Waals surface area (Å²) in [5.74, 6) is 1.71. The smallest absolute Gasteiger partial charge is 0.0506 e. The molecule has 1 aliphatic heterocycles. The van der Waals surface area contributed by atoms with Crippen molar-refractivity contribution in [2.75, 3.05) is 19.8 Å². The zero-order valence-electron chi connectivity index (χ0n) is 10.0. The van der Waals surface area contributed by atoms with Crippen LogP contribution in [0, 0.1) is 11.8 Å². The summed E-state index contributed by atoms with van der Waals surface area (Å²) < 4.78 is 5.50. The predicted octanol–water partition coefficient (Wildman–Crippen LogP) is 2.58. The van der Waals surface area contributed by atoms with Gasteiger partial charge in [-0.15, -0.1) is 0 Å². The largest absolute Gasteiger partial charge is 0.381 e. The first kappa shape index (κ1) is 11.4. The van der Waals surface area contributed by atoms with Gasteiger partial charge in [-0.25, -0.2) is 0 Å². The molecule has 0 aromatic rings. The first-order valence-corrected chi connectivity index (χ1v) is 6.67. The Hall–Kier alpha value is -0.0800. The molecule has 2 rings (SSSR count). The number of nitrogens with one attached hydrogen (secondary N) is 1. The van der Waals surface area contributed by atoms with Gasteiger partial charge in [0.05, 0.1) is 6.61 Å². The van der Waals surface area contributed by atoms with Gasteiger partial charge >= 0.3 is 0 Å². The Labute approximate surface area is 93.8 Å². The fraction of sp³-hybridized carbons (Fsp3) is 1.00. The maximum atomic E-state index is 5.50. The summed E-state index contributed by atoms with van der Waals surface area (Å²) in [6.07, 6.45) is 8.38. The molecule has 0 aromatic carbocycles. The Balaban J connectivity index is 1.63. The van der Waals surface area contributed by atoms with E-state index in [2.05, 4.69) is 12.2 Å². The summed E-state index contributed by atoms with van der Waals surface area (Å²) in [4.78, 5) is 0. The van der Waals surface area contributed by atoms with Gasteiger partial charge in [0, 0.05) is 19.2 Å². The highest BCUT2D eigenvalue weighted by Gasteiger charge is 2.22. The Kier molecular flexibility index (Phi) is 4.45. The number of hydrogen-bond donors (Lipinski definition) is 1. The molecule has 0 spiro atoms. The lowest BCUT2D eigenvalue weighted by Crippen LogP contribution is -2.38. The lowest BCUT2D eigenvalue weighted by atomic mass is 9.97. The third-order valence-electron chi connectivity index (χ3n) is 4.09. The van der Waals surface area contributed by atoms with Gasteiger partial charge < -0.3 is 10.1 Å². The van der Waals surface area contributed by atoms with Gasteiger partial charge in [-0.3, -0.25) is 0 Å². The summed E-state index contributed by atoms with van der Waals surface area (Å²) in [6.45, 7) is 5.48. The molecule has 2 fully saturated rings. The molecule has 88 valence electrons. The lowest BCUT2D eigenvalue weighted by Gasteiger charge is -2.26. The first-order chi connectivity index (χ1) is 7.36. The van der Waals surface area contributed by atoms with E-state index in [-0.39, 0.29) is 0 Å². The van der Waals surface area contributed by atoms with E-state index >= 15 is 0 Å². The number of ether oxygens (including phenoxy) is 1. The highest BCUT2D eigenvalue weighted by molar-refractivity contribution is 4.78. The van der Waals surface area contributed by atoms with Gasteiger partial charge in [0.25, 0.3) is 0 Å². The minimum Gasteiger partial charge on any atom is -0.381 e. The molecule has 2 aliphatic rings. The van der Waals surface area contributed by atoms with Crippen LogP contribution in [0.5, 0.6) is 0 Å². The van der Waals surface area contributed by atoms with Crippen molar-refractivity contribution in [3.05, 3.63) is 0 Å². The van der Waals surface area contributed by atoms with Crippen LogP contribution in [0.3, 0.4) is 0 Å². The highest BCUT2D eigenvalue weighted by atomic mass is 16.5. The fourth-order valence-electron chi connectivity index (χ4n) is 2.95. The number of rotatable bonds is 4. The van der Waals surface area contributed by atoms with Crippen LogP contribution in [-0.4, -0.2) is 25.8 Å². The molecule has 1 aliphatic carbocycles. The molecule has 1 N–H and O–H groups in total. The summed E-state index contributed by atoms with van der Waals surface area (Å²) in [5.41, 5.74) is 0. The lowest BCUT2D eigenvalue weighted by molar-refractivity contribution is 0.0532. The van der Waals surface area contributed by atoms with Crippen molar-refractivity contribution in [3.8, 4) is 0 Å². The van der Waals surface area contributed by atoms with E-state index in [1.54, 1.807) is 0 Å². The van der Waals surface area contributed by atoms with E-state index in [1.165, 1.54) is 38.5 Å². The SMILES string of the molecule is C[C@@H](NCC1CCCOC1)C1CCCC1. The van der Waals surface area contributed by atoms with Crippen LogP contribution in [0.25, 0.3) is 0 Å². The molecule has 15 heavy (non-hydrogen) atoms. The molecular weight excluding hydrogens is 186 g/mol. The second-order valence-electron chi connectivity index (χ2n) is 5.32. The van der Waals surface area contributed by atoms with Crippen molar-refractivity contribution in [3.63, 3.8) is 0 Å². The molecule has 0 amide bonds. The van der Waals surface area contributed by atoms with E-state index in [0.29, 0.717) is 0 Å². The van der Waals surface area contributed by atoms with Gasteiger partial charge in [0.1, 0.15) is 0 Å². The second-order valence-corrected chi connectivity index (χ2v) is 5.32. The van der Waals surface area contributed by atoms with E-state index < -0.39 is 0 Å². The molecule has 2 nitrogen and oxygen atoms in total. The van der Waals surface area contributed by atoms with Gasteiger partial charge in [-0.2, -0.15) is 0 Å². The highest BCUT2D eigenvalue weighted by Crippen LogP contribution is 2.27. The van der Waals surface area contributed by atoms with Crippen LogP contribution in [0.1, 0.15) is 45.4 Å². The van der Waals surface area contributed by atoms with Gasteiger partial charge in [-0.05, 0) is 44.4 Å². The minimum absolute atomic E-state index is 0.717. The van der Waals surface area contributed by atoms with E-state index in [9.17, 15) is 0 Å². The minimum atomic E-state index is 0.717. The molecule has 2 heteroatoms. The molecule has 1 saturated heterocycles. The van der Waals surface area contributed by atoms with Crippen molar-refractivity contribution in [2.45, 2.75) is 51.5 Å². The normalized spacial score (nSPS) is 30.6. The second kappa shape index (κ2) is 5.86. The molecule has 0 radical (unpaired) electrons. The Bertz CT molecular complexity index is 171. The monoisotopic (exact) mass is 211 g/mol. The van der Waals surface area contributed by atoms with Crippen LogP contribution < -0.4 is 5.32 Å². The maximum Gasteiger partial charge on any atom is 0.0506 e. The van der Waals surface area contributed by atoms with Crippen LogP contribution in [0.2, 0.25) is 0 Å². The Morgan fingerprint density at radius 1 is 1.20 bits per heavy atom. The fourth-order valence-corrected chi connectivity index (χ4v) is 2.95. The molecule has 1 heterocycles. The summed E-state index contributed by atoms with van der Waals surface area (Å²) in [6, 6.07) is 0.717. The van der Waals surface area contributed by atoms with E-state index in [0.717, 1.165) is 37.6 Å². The maximum absolute atomic E-state index is 5.50. The average Bonchev–Trinajstić information content (AvgIpc) is 2.81. The number of hydrogen-bond acceptors (Lipinski definition) is 2. The quantitative estimate of drug-likeness (QED) is 0.771. The zero-order valence-corrected chi connectivity index (χ0v) is 10.0. The van der Waals surface area contributed by atoms with Gasteiger partial charge in [0.15, 0.2) is 0 Å². The topological polar surface area (TPSA) is 21.3 Å².